The SMILES string of the molecule is CNC1CCN(c2n[nH]c(Cc3ccc(Br)cc3)n2)CC1. The molecule has 1 saturated heterocycles. The van der Waals surface area contributed by atoms with Crippen molar-refractivity contribution in [3.05, 3.63) is 40.1 Å². The fraction of sp³-hybridized carbons (Fsp3) is 0.467. The van der Waals surface area contributed by atoms with Crippen LogP contribution in [0.1, 0.15) is 24.2 Å². The molecule has 0 unspecified atom stereocenters. The van der Waals surface area contributed by atoms with Crippen molar-refractivity contribution < 1.29 is 0 Å². The number of nitrogens with zero attached hydrogens (tertiary/aromatic N) is 3. The van der Waals surface area contributed by atoms with Gasteiger partial charge >= 0.3 is 0 Å². The Morgan fingerprint density at radius 2 is 2.00 bits per heavy atom. The first-order valence-electron chi connectivity index (χ1n) is 7.32. The first-order chi connectivity index (χ1) is 10.2. The Labute approximate surface area is 133 Å². The van der Waals surface area contributed by atoms with Crippen molar-refractivity contribution in [3.8, 4) is 0 Å². The molecule has 0 radical (unpaired) electrons. The highest BCUT2D eigenvalue weighted by atomic mass is 79.9. The number of hydrogen-bond donors (Lipinski definition) is 2. The lowest BCUT2D eigenvalue weighted by Crippen LogP contribution is -2.41. The van der Waals surface area contributed by atoms with Crippen molar-refractivity contribution in [1.82, 2.24) is 20.5 Å². The van der Waals surface area contributed by atoms with E-state index in [2.05, 4.69) is 65.6 Å². The number of aromatic nitrogens is 3. The maximum Gasteiger partial charge on any atom is 0.244 e. The number of hydrogen-bond acceptors (Lipinski definition) is 4. The molecule has 21 heavy (non-hydrogen) atoms. The fourth-order valence-corrected chi connectivity index (χ4v) is 2.93. The van der Waals surface area contributed by atoms with Gasteiger partial charge in [0.1, 0.15) is 5.82 Å². The third-order valence-electron chi connectivity index (χ3n) is 3.99. The van der Waals surface area contributed by atoms with E-state index in [9.17, 15) is 0 Å². The minimum absolute atomic E-state index is 0.627. The topological polar surface area (TPSA) is 56.8 Å². The summed E-state index contributed by atoms with van der Waals surface area (Å²) in [5.74, 6) is 1.75. The molecule has 0 saturated carbocycles. The van der Waals surface area contributed by atoms with Crippen LogP contribution in [0.4, 0.5) is 5.95 Å². The number of H-pyrrole nitrogens is 1. The lowest BCUT2D eigenvalue weighted by Gasteiger charge is -2.30. The number of benzene rings is 1. The van der Waals surface area contributed by atoms with Crippen LogP contribution in [0.3, 0.4) is 0 Å². The van der Waals surface area contributed by atoms with Crippen molar-refractivity contribution in [2.24, 2.45) is 0 Å². The van der Waals surface area contributed by atoms with E-state index in [1.54, 1.807) is 0 Å². The normalized spacial score (nSPS) is 16.4. The molecule has 1 aliphatic heterocycles. The van der Waals surface area contributed by atoms with E-state index in [-0.39, 0.29) is 0 Å². The molecule has 2 N–H and O–H groups in total. The third-order valence-corrected chi connectivity index (χ3v) is 4.52. The number of halogens is 1. The molecular weight excluding hydrogens is 330 g/mol. The van der Waals surface area contributed by atoms with Gasteiger partial charge < -0.3 is 10.2 Å². The van der Waals surface area contributed by atoms with Crippen molar-refractivity contribution >= 4 is 21.9 Å². The molecule has 112 valence electrons. The zero-order valence-electron chi connectivity index (χ0n) is 12.1. The Kier molecular flexibility index (Phi) is 4.55. The largest absolute Gasteiger partial charge is 0.339 e. The van der Waals surface area contributed by atoms with Crippen molar-refractivity contribution in [2.45, 2.75) is 25.3 Å². The van der Waals surface area contributed by atoms with Gasteiger partial charge in [0.15, 0.2) is 0 Å². The van der Waals surface area contributed by atoms with Crippen molar-refractivity contribution in [3.63, 3.8) is 0 Å². The van der Waals surface area contributed by atoms with Gasteiger partial charge in [-0.15, -0.1) is 5.10 Å². The zero-order chi connectivity index (χ0) is 14.7. The Hall–Kier alpha value is -1.40. The first-order valence-corrected chi connectivity index (χ1v) is 8.12. The first kappa shape index (κ1) is 14.5. The maximum atomic E-state index is 4.63. The van der Waals surface area contributed by atoms with Crippen LogP contribution >= 0.6 is 15.9 Å². The van der Waals surface area contributed by atoms with E-state index in [0.29, 0.717) is 6.04 Å². The summed E-state index contributed by atoms with van der Waals surface area (Å²) in [6.07, 6.45) is 3.08. The number of rotatable bonds is 4. The van der Waals surface area contributed by atoms with Gasteiger partial charge in [-0.25, -0.2) is 0 Å². The number of anilines is 1. The minimum Gasteiger partial charge on any atom is -0.339 e. The smallest absolute Gasteiger partial charge is 0.244 e. The van der Waals surface area contributed by atoms with Gasteiger partial charge in [-0.1, -0.05) is 28.1 Å². The van der Waals surface area contributed by atoms with Crippen LogP contribution in [-0.4, -0.2) is 41.4 Å². The van der Waals surface area contributed by atoms with E-state index in [0.717, 1.165) is 48.6 Å². The monoisotopic (exact) mass is 349 g/mol. The third kappa shape index (κ3) is 3.63. The van der Waals surface area contributed by atoms with Crippen LogP contribution in [0.15, 0.2) is 28.7 Å². The van der Waals surface area contributed by atoms with Gasteiger partial charge in [-0.2, -0.15) is 4.98 Å². The molecular formula is C15H20BrN5. The van der Waals surface area contributed by atoms with Crippen LogP contribution in [-0.2, 0) is 6.42 Å². The van der Waals surface area contributed by atoms with Gasteiger partial charge in [-0.3, -0.25) is 5.10 Å². The summed E-state index contributed by atoms with van der Waals surface area (Å²) in [5.41, 5.74) is 1.23. The molecule has 6 heteroatoms. The van der Waals surface area contributed by atoms with E-state index >= 15 is 0 Å². The second kappa shape index (κ2) is 6.58. The molecule has 0 atom stereocenters. The van der Waals surface area contributed by atoms with Gasteiger partial charge in [0.2, 0.25) is 5.95 Å². The molecule has 0 aliphatic carbocycles. The molecule has 1 aromatic carbocycles. The lowest BCUT2D eigenvalue weighted by molar-refractivity contribution is 0.439. The highest BCUT2D eigenvalue weighted by molar-refractivity contribution is 9.10. The van der Waals surface area contributed by atoms with E-state index in [4.69, 9.17) is 0 Å². The highest BCUT2D eigenvalue weighted by Gasteiger charge is 2.20. The predicted molar refractivity (Wildman–Crippen MR) is 87.6 cm³/mol. The van der Waals surface area contributed by atoms with Gasteiger partial charge in [-0.05, 0) is 37.6 Å². The fourth-order valence-electron chi connectivity index (χ4n) is 2.67. The van der Waals surface area contributed by atoms with Crippen LogP contribution in [0, 0.1) is 0 Å². The second-order valence-corrected chi connectivity index (χ2v) is 6.35. The summed E-state index contributed by atoms with van der Waals surface area (Å²) in [7, 11) is 2.03. The molecule has 0 spiro atoms. The van der Waals surface area contributed by atoms with Gasteiger partial charge in [0.05, 0.1) is 0 Å². The molecule has 2 heterocycles. The Morgan fingerprint density at radius 1 is 1.29 bits per heavy atom. The van der Waals surface area contributed by atoms with Crippen molar-refractivity contribution in [2.75, 3.05) is 25.0 Å². The Balaban J connectivity index is 1.62. The summed E-state index contributed by atoms with van der Waals surface area (Å²) in [6.45, 7) is 2.03. The van der Waals surface area contributed by atoms with E-state index in [1.807, 2.05) is 7.05 Å². The van der Waals surface area contributed by atoms with Crippen LogP contribution in [0.25, 0.3) is 0 Å². The molecule has 1 fully saturated rings. The second-order valence-electron chi connectivity index (χ2n) is 5.44. The number of aromatic amines is 1. The van der Waals surface area contributed by atoms with E-state index in [1.165, 1.54) is 5.56 Å². The molecule has 2 aromatic rings. The quantitative estimate of drug-likeness (QED) is 0.889. The lowest BCUT2D eigenvalue weighted by atomic mass is 10.1. The minimum atomic E-state index is 0.627. The molecule has 3 rings (SSSR count). The average molecular weight is 350 g/mol. The zero-order valence-corrected chi connectivity index (χ0v) is 13.7. The summed E-state index contributed by atoms with van der Waals surface area (Å²) in [4.78, 5) is 6.89. The van der Waals surface area contributed by atoms with Gasteiger partial charge in [0.25, 0.3) is 0 Å². The van der Waals surface area contributed by atoms with Crippen LogP contribution < -0.4 is 10.2 Å². The predicted octanol–water partition coefficient (Wildman–Crippen LogP) is 2.35. The van der Waals surface area contributed by atoms with Crippen molar-refractivity contribution in [1.29, 1.82) is 0 Å². The average Bonchev–Trinajstić information content (AvgIpc) is 2.98. The van der Waals surface area contributed by atoms with Gasteiger partial charge in [0, 0.05) is 30.0 Å². The van der Waals surface area contributed by atoms with Crippen LogP contribution in [0.2, 0.25) is 0 Å². The molecule has 1 aromatic heterocycles. The summed E-state index contributed by atoms with van der Waals surface area (Å²) >= 11 is 3.45. The highest BCUT2D eigenvalue weighted by Crippen LogP contribution is 2.17. The number of nitrogens with one attached hydrogen (secondary N) is 2. The van der Waals surface area contributed by atoms with Crippen LogP contribution in [0.5, 0.6) is 0 Å². The maximum absolute atomic E-state index is 4.63. The number of piperidine rings is 1. The summed E-state index contributed by atoms with van der Waals surface area (Å²) in [6, 6.07) is 8.93. The molecule has 0 amide bonds. The summed E-state index contributed by atoms with van der Waals surface area (Å²) < 4.78 is 1.09. The molecule has 5 nitrogen and oxygen atoms in total. The molecule has 1 aliphatic rings. The summed E-state index contributed by atoms with van der Waals surface area (Å²) in [5, 5.41) is 10.8. The molecule has 0 bridgehead atoms. The Morgan fingerprint density at radius 3 is 2.67 bits per heavy atom. The standard InChI is InChI=1S/C15H20BrN5/c1-17-13-6-8-21(9-7-13)15-18-14(19-20-15)10-11-2-4-12(16)5-3-11/h2-5,13,17H,6-10H2,1H3,(H,18,19,20). The Bertz CT molecular complexity index is 572. The van der Waals surface area contributed by atoms with E-state index < -0.39 is 0 Å².